The fourth-order valence-corrected chi connectivity index (χ4v) is 4.97. The Labute approximate surface area is 186 Å². The molecule has 2 N–H and O–H groups in total. The Bertz CT molecular complexity index is 635. The van der Waals surface area contributed by atoms with Crippen LogP contribution in [0.2, 0.25) is 0 Å². The van der Waals surface area contributed by atoms with Crippen molar-refractivity contribution in [2.24, 2.45) is 23.7 Å². The number of carbonyl (C=O) groups excluding carboxylic acids is 3. The van der Waals surface area contributed by atoms with Gasteiger partial charge in [0.15, 0.2) is 0 Å². The number of nitrogens with one attached hydrogen (secondary N) is 1. The first kappa shape index (κ1) is 25.4. The Morgan fingerprint density at radius 3 is 2.52 bits per heavy atom. The van der Waals surface area contributed by atoms with Crippen LogP contribution in [-0.2, 0) is 19.1 Å². The normalized spacial score (nSPS) is 27.3. The summed E-state index contributed by atoms with van der Waals surface area (Å²) < 4.78 is 5.37. The van der Waals surface area contributed by atoms with Crippen LogP contribution >= 0.6 is 0 Å². The van der Waals surface area contributed by atoms with E-state index in [1.807, 2.05) is 12.2 Å². The lowest BCUT2D eigenvalue weighted by atomic mass is 9.69. The molecule has 7 nitrogen and oxygen atoms in total. The van der Waals surface area contributed by atoms with Gasteiger partial charge in [-0.2, -0.15) is 0 Å². The third kappa shape index (κ3) is 6.09. The smallest absolute Gasteiger partial charge is 0.310 e. The molecule has 1 aliphatic carbocycles. The van der Waals surface area contributed by atoms with E-state index in [1.165, 1.54) is 0 Å². The SMILES string of the molecule is CCCCNC(=O)[C@@H]1[C@H]2C=C[C@@H](CCC)[C@@H](C(=O)OCC)[C@@H]2C(=O)N1CCCCCO. The minimum atomic E-state index is -0.598. The zero-order valence-corrected chi connectivity index (χ0v) is 19.3. The van der Waals surface area contributed by atoms with Crippen LogP contribution in [0.5, 0.6) is 0 Å². The number of fused-ring (bicyclic) bond motifs is 1. The molecule has 5 atom stereocenters. The van der Waals surface area contributed by atoms with Gasteiger partial charge in [-0.3, -0.25) is 14.4 Å². The van der Waals surface area contributed by atoms with Crippen molar-refractivity contribution in [1.82, 2.24) is 10.2 Å². The van der Waals surface area contributed by atoms with E-state index in [9.17, 15) is 14.4 Å². The van der Waals surface area contributed by atoms with Gasteiger partial charge >= 0.3 is 5.97 Å². The van der Waals surface area contributed by atoms with Crippen LogP contribution in [0.3, 0.4) is 0 Å². The number of hydrogen-bond donors (Lipinski definition) is 2. The summed E-state index contributed by atoms with van der Waals surface area (Å²) in [4.78, 5) is 41.3. The molecule has 2 amide bonds. The second-order valence-corrected chi connectivity index (χ2v) is 8.62. The number of rotatable bonds is 13. The van der Waals surface area contributed by atoms with Crippen LogP contribution in [0.1, 0.15) is 65.7 Å². The maximum atomic E-state index is 13.6. The third-order valence-electron chi connectivity index (χ3n) is 6.45. The molecule has 0 unspecified atom stereocenters. The molecule has 0 aromatic rings. The quantitative estimate of drug-likeness (QED) is 0.263. The average Bonchev–Trinajstić information content (AvgIpc) is 3.03. The van der Waals surface area contributed by atoms with Crippen LogP contribution in [-0.4, -0.2) is 60.1 Å². The number of ether oxygens (including phenoxy) is 1. The molecule has 176 valence electrons. The molecule has 0 aromatic heterocycles. The third-order valence-corrected chi connectivity index (χ3v) is 6.45. The van der Waals surface area contributed by atoms with Gasteiger partial charge in [0.1, 0.15) is 6.04 Å². The summed E-state index contributed by atoms with van der Waals surface area (Å²) >= 11 is 0. The lowest BCUT2D eigenvalue weighted by Crippen LogP contribution is -2.47. The standard InChI is InChI=1S/C24H40N2O5/c1-4-7-14-25-22(28)21-18-13-12-17(11-5-2)19(24(30)31-6-3)20(18)23(29)26(21)15-9-8-10-16-27/h12-13,17-21,27H,4-11,14-16H2,1-3H3,(H,25,28)/t17-,18+,19-,20-,21+/m1/s1. The molecule has 2 rings (SSSR count). The van der Waals surface area contributed by atoms with E-state index < -0.39 is 17.9 Å². The lowest BCUT2D eigenvalue weighted by Gasteiger charge is -2.33. The molecule has 0 spiro atoms. The Morgan fingerprint density at radius 2 is 1.87 bits per heavy atom. The van der Waals surface area contributed by atoms with E-state index in [2.05, 4.69) is 19.2 Å². The van der Waals surface area contributed by atoms with E-state index in [1.54, 1.807) is 11.8 Å². The van der Waals surface area contributed by atoms with E-state index in [0.717, 1.165) is 38.5 Å². The number of esters is 1. The Balaban J connectivity index is 2.32. The van der Waals surface area contributed by atoms with Gasteiger partial charge in [0.25, 0.3) is 0 Å². The maximum absolute atomic E-state index is 13.6. The fourth-order valence-electron chi connectivity index (χ4n) is 4.97. The topological polar surface area (TPSA) is 95.9 Å². The molecule has 0 saturated carbocycles. The molecular weight excluding hydrogens is 396 g/mol. The summed E-state index contributed by atoms with van der Waals surface area (Å²) in [6, 6.07) is -0.598. The predicted molar refractivity (Wildman–Crippen MR) is 119 cm³/mol. The molecule has 31 heavy (non-hydrogen) atoms. The zero-order chi connectivity index (χ0) is 22.8. The van der Waals surface area contributed by atoms with Crippen molar-refractivity contribution < 1.29 is 24.2 Å². The van der Waals surface area contributed by atoms with Gasteiger partial charge in [0.2, 0.25) is 11.8 Å². The second kappa shape index (κ2) is 12.8. The van der Waals surface area contributed by atoms with E-state index in [-0.39, 0.29) is 42.8 Å². The molecule has 1 saturated heterocycles. The van der Waals surface area contributed by atoms with Gasteiger partial charge in [-0.15, -0.1) is 0 Å². The van der Waals surface area contributed by atoms with Crippen molar-refractivity contribution in [3.05, 3.63) is 12.2 Å². The van der Waals surface area contributed by atoms with E-state index in [0.29, 0.717) is 19.5 Å². The summed E-state index contributed by atoms with van der Waals surface area (Å²) in [5.74, 6) is -2.07. The first-order valence-corrected chi connectivity index (χ1v) is 12.1. The molecule has 1 aliphatic heterocycles. The van der Waals surface area contributed by atoms with Crippen LogP contribution in [0, 0.1) is 23.7 Å². The highest BCUT2D eigenvalue weighted by atomic mass is 16.5. The summed E-state index contributed by atoms with van der Waals surface area (Å²) in [5.41, 5.74) is 0. The second-order valence-electron chi connectivity index (χ2n) is 8.62. The van der Waals surface area contributed by atoms with Crippen molar-refractivity contribution in [2.75, 3.05) is 26.3 Å². The highest BCUT2D eigenvalue weighted by molar-refractivity contribution is 5.96. The van der Waals surface area contributed by atoms with Crippen LogP contribution in [0.4, 0.5) is 0 Å². The minimum Gasteiger partial charge on any atom is -0.466 e. The van der Waals surface area contributed by atoms with Gasteiger partial charge in [-0.1, -0.05) is 38.8 Å². The highest BCUT2D eigenvalue weighted by Crippen LogP contribution is 2.45. The predicted octanol–water partition coefficient (Wildman–Crippen LogP) is 2.67. The number of aliphatic hydroxyl groups is 1. The van der Waals surface area contributed by atoms with Crippen molar-refractivity contribution in [3.8, 4) is 0 Å². The average molecular weight is 437 g/mol. The molecular formula is C24H40N2O5. The molecule has 0 aromatic carbocycles. The van der Waals surface area contributed by atoms with E-state index >= 15 is 0 Å². The Hall–Kier alpha value is -1.89. The van der Waals surface area contributed by atoms with Gasteiger partial charge in [-0.05, 0) is 44.9 Å². The van der Waals surface area contributed by atoms with Gasteiger partial charge < -0.3 is 20.1 Å². The monoisotopic (exact) mass is 436 g/mol. The first-order valence-electron chi connectivity index (χ1n) is 12.1. The summed E-state index contributed by atoms with van der Waals surface area (Å²) in [6.45, 7) is 7.34. The number of allylic oxidation sites excluding steroid dienone is 1. The first-order chi connectivity index (χ1) is 15.0. The molecule has 7 heteroatoms. The number of nitrogens with zero attached hydrogens (tertiary/aromatic N) is 1. The summed E-state index contributed by atoms with van der Waals surface area (Å²) in [6.07, 6.45) is 9.78. The molecule has 1 fully saturated rings. The number of likely N-dealkylation sites (tertiary alicyclic amines) is 1. The van der Waals surface area contributed by atoms with E-state index in [4.69, 9.17) is 9.84 Å². The van der Waals surface area contributed by atoms with Gasteiger partial charge in [0.05, 0.1) is 18.4 Å². The van der Waals surface area contributed by atoms with Gasteiger partial charge in [-0.25, -0.2) is 0 Å². The maximum Gasteiger partial charge on any atom is 0.310 e. The minimum absolute atomic E-state index is 0.0487. The van der Waals surface area contributed by atoms with Crippen molar-refractivity contribution in [3.63, 3.8) is 0 Å². The summed E-state index contributed by atoms with van der Waals surface area (Å²) in [7, 11) is 0. The highest BCUT2D eigenvalue weighted by Gasteiger charge is 2.57. The fraction of sp³-hybridized carbons (Fsp3) is 0.792. The van der Waals surface area contributed by atoms with Crippen molar-refractivity contribution in [1.29, 1.82) is 0 Å². The number of unbranched alkanes of at least 4 members (excludes halogenated alkanes) is 3. The van der Waals surface area contributed by atoms with Crippen LogP contribution in [0.15, 0.2) is 12.2 Å². The zero-order valence-electron chi connectivity index (χ0n) is 19.3. The Kier molecular flexibility index (Phi) is 10.5. The molecule has 1 heterocycles. The number of aliphatic hydroxyl groups excluding tert-OH is 1. The van der Waals surface area contributed by atoms with Crippen LogP contribution < -0.4 is 5.32 Å². The van der Waals surface area contributed by atoms with Crippen LogP contribution in [0.25, 0.3) is 0 Å². The largest absolute Gasteiger partial charge is 0.466 e. The molecule has 0 radical (unpaired) electrons. The lowest BCUT2D eigenvalue weighted by molar-refractivity contribution is -0.155. The molecule has 0 bridgehead atoms. The van der Waals surface area contributed by atoms with Crippen molar-refractivity contribution >= 4 is 17.8 Å². The van der Waals surface area contributed by atoms with Gasteiger partial charge in [0, 0.05) is 25.6 Å². The van der Waals surface area contributed by atoms with Crippen molar-refractivity contribution in [2.45, 2.75) is 71.8 Å². The number of carbonyl (C=O) groups is 3. The number of amides is 2. The summed E-state index contributed by atoms with van der Waals surface area (Å²) in [5, 5.41) is 12.1. The number of hydrogen-bond acceptors (Lipinski definition) is 5. The Morgan fingerprint density at radius 1 is 1.10 bits per heavy atom. The molecule has 2 aliphatic rings.